The maximum absolute atomic E-state index is 14.2. The lowest BCUT2D eigenvalue weighted by Gasteiger charge is -2.11. The van der Waals surface area contributed by atoms with Crippen LogP contribution in [0.4, 0.5) is 13.2 Å². The summed E-state index contributed by atoms with van der Waals surface area (Å²) in [5.74, 6) is -2.41. The molecular weight excluding hydrogens is 373 g/mol. The molecule has 2 aromatic rings. The van der Waals surface area contributed by atoms with Crippen molar-refractivity contribution in [2.24, 2.45) is 0 Å². The summed E-state index contributed by atoms with van der Waals surface area (Å²) in [4.78, 5) is 0. The third-order valence-corrected chi connectivity index (χ3v) is 4.14. The van der Waals surface area contributed by atoms with Crippen molar-refractivity contribution in [2.75, 3.05) is 13.2 Å². The molecule has 0 radical (unpaired) electrons. The highest BCUT2D eigenvalue weighted by Crippen LogP contribution is 2.29. The average molecular weight is 385 g/mol. The second-order valence-electron chi connectivity index (χ2n) is 4.94. The average Bonchev–Trinajstić information content (AvgIpc) is 3.06. The Hall–Kier alpha value is -1.63. The first-order chi connectivity index (χ1) is 11.1. The highest BCUT2D eigenvalue weighted by Gasteiger charge is 2.24. The van der Waals surface area contributed by atoms with Gasteiger partial charge in [0.2, 0.25) is 0 Å². The lowest BCUT2D eigenvalue weighted by molar-refractivity contribution is -0.0468. The fourth-order valence-electron chi connectivity index (χ4n) is 2.25. The topological polar surface area (TPSA) is 18.5 Å². The Morgan fingerprint density at radius 2 is 1.61 bits per heavy atom. The van der Waals surface area contributed by atoms with E-state index in [1.165, 1.54) is 36.4 Å². The van der Waals surface area contributed by atoms with E-state index in [1.807, 2.05) is 0 Å². The van der Waals surface area contributed by atoms with Gasteiger partial charge < -0.3 is 9.47 Å². The summed E-state index contributed by atoms with van der Waals surface area (Å²) in [6.45, 7) is 0.696. The Bertz CT molecular complexity index is 756. The molecule has 0 aromatic heterocycles. The van der Waals surface area contributed by atoms with Crippen LogP contribution in [0, 0.1) is 17.5 Å². The van der Waals surface area contributed by atoms with Crippen LogP contribution in [0.25, 0.3) is 12.2 Å². The van der Waals surface area contributed by atoms with Crippen molar-refractivity contribution in [3.63, 3.8) is 0 Å². The Labute approximate surface area is 139 Å². The molecule has 1 aliphatic rings. The van der Waals surface area contributed by atoms with Crippen LogP contribution < -0.4 is 0 Å². The summed E-state index contributed by atoms with van der Waals surface area (Å²) in [5, 5.41) is 0. The van der Waals surface area contributed by atoms with Gasteiger partial charge in [0.15, 0.2) is 17.9 Å². The molecule has 2 nitrogen and oxygen atoms in total. The smallest absolute Gasteiger partial charge is 0.186 e. The summed E-state index contributed by atoms with van der Waals surface area (Å²) in [7, 11) is 0. The summed E-state index contributed by atoms with van der Waals surface area (Å²) in [6.07, 6.45) is 2.02. The van der Waals surface area contributed by atoms with Gasteiger partial charge >= 0.3 is 0 Å². The maximum Gasteiger partial charge on any atom is 0.186 e. The Morgan fingerprint density at radius 1 is 0.913 bits per heavy atom. The first kappa shape index (κ1) is 16.2. The molecule has 1 saturated heterocycles. The van der Waals surface area contributed by atoms with E-state index in [9.17, 15) is 13.2 Å². The maximum atomic E-state index is 14.2. The minimum absolute atomic E-state index is 0.0316. The fourth-order valence-corrected chi connectivity index (χ4v) is 2.63. The zero-order valence-electron chi connectivity index (χ0n) is 11.9. The molecule has 0 N–H and O–H groups in total. The molecule has 0 saturated carbocycles. The third kappa shape index (κ3) is 3.49. The van der Waals surface area contributed by atoms with Crippen molar-refractivity contribution in [2.45, 2.75) is 6.29 Å². The van der Waals surface area contributed by atoms with Crippen LogP contribution in [0.1, 0.15) is 23.0 Å². The molecule has 0 unspecified atom stereocenters. The summed E-state index contributed by atoms with van der Waals surface area (Å²) < 4.78 is 52.6. The van der Waals surface area contributed by atoms with Crippen molar-refractivity contribution in [3.8, 4) is 0 Å². The van der Waals surface area contributed by atoms with Crippen LogP contribution in [-0.2, 0) is 9.47 Å². The molecule has 120 valence electrons. The lowest BCUT2D eigenvalue weighted by atomic mass is 10.1. The highest BCUT2D eigenvalue weighted by molar-refractivity contribution is 9.10. The summed E-state index contributed by atoms with van der Waals surface area (Å²) in [5.41, 5.74) is 0.612. The van der Waals surface area contributed by atoms with Gasteiger partial charge in [-0.15, -0.1) is 0 Å². The molecule has 1 heterocycles. The minimum atomic E-state index is -1.00. The number of rotatable bonds is 3. The fraction of sp³-hybridized carbons (Fsp3) is 0.176. The Morgan fingerprint density at radius 3 is 2.35 bits per heavy atom. The molecular formula is C17H12BrF3O2. The van der Waals surface area contributed by atoms with Gasteiger partial charge in [-0.1, -0.05) is 40.2 Å². The molecule has 0 bridgehead atoms. The highest BCUT2D eigenvalue weighted by atomic mass is 79.9. The first-order valence-electron chi connectivity index (χ1n) is 6.90. The first-order valence-corrected chi connectivity index (χ1v) is 7.70. The molecule has 0 atom stereocenters. The summed E-state index contributed by atoms with van der Waals surface area (Å²) >= 11 is 3.27. The number of hydrogen-bond donors (Lipinski definition) is 0. The molecule has 1 fully saturated rings. The molecule has 0 aliphatic carbocycles. The number of hydrogen-bond acceptors (Lipinski definition) is 2. The Balaban J connectivity index is 1.90. The second kappa shape index (κ2) is 6.86. The molecule has 3 rings (SSSR count). The molecule has 2 aromatic carbocycles. The van der Waals surface area contributed by atoms with Crippen molar-refractivity contribution >= 4 is 28.1 Å². The zero-order valence-corrected chi connectivity index (χ0v) is 13.4. The second-order valence-corrected chi connectivity index (χ2v) is 5.80. The van der Waals surface area contributed by atoms with Crippen LogP contribution in [0.5, 0.6) is 0 Å². The van der Waals surface area contributed by atoms with Crippen LogP contribution >= 0.6 is 15.9 Å². The van der Waals surface area contributed by atoms with Gasteiger partial charge in [0.25, 0.3) is 0 Å². The van der Waals surface area contributed by atoms with Gasteiger partial charge in [-0.25, -0.2) is 13.2 Å². The van der Waals surface area contributed by atoms with Gasteiger partial charge in [0.05, 0.1) is 13.2 Å². The minimum Gasteiger partial charge on any atom is -0.346 e. The van der Waals surface area contributed by atoms with E-state index in [2.05, 4.69) is 15.9 Å². The SMILES string of the molecule is Fc1ccc(Br)c(/C=C\c2ccc(C3OCCO3)c(F)c2F)c1. The van der Waals surface area contributed by atoms with E-state index < -0.39 is 23.7 Å². The van der Waals surface area contributed by atoms with E-state index in [1.54, 1.807) is 6.07 Å². The predicted molar refractivity (Wildman–Crippen MR) is 84.0 cm³/mol. The quantitative estimate of drug-likeness (QED) is 0.686. The predicted octanol–water partition coefficient (Wildman–Crippen LogP) is 5.08. The van der Waals surface area contributed by atoms with Crippen LogP contribution in [-0.4, -0.2) is 13.2 Å². The van der Waals surface area contributed by atoms with Crippen LogP contribution in [0.3, 0.4) is 0 Å². The van der Waals surface area contributed by atoms with Gasteiger partial charge in [0, 0.05) is 15.6 Å². The van der Waals surface area contributed by atoms with E-state index >= 15 is 0 Å². The summed E-state index contributed by atoms with van der Waals surface area (Å²) in [6, 6.07) is 7.00. The molecule has 0 amide bonds. The lowest BCUT2D eigenvalue weighted by Crippen LogP contribution is -2.04. The molecule has 6 heteroatoms. The van der Waals surface area contributed by atoms with Crippen molar-refractivity contribution in [1.82, 2.24) is 0 Å². The van der Waals surface area contributed by atoms with Gasteiger partial charge in [-0.2, -0.15) is 0 Å². The molecule has 1 aliphatic heterocycles. The van der Waals surface area contributed by atoms with Gasteiger partial charge in [-0.3, -0.25) is 0 Å². The van der Waals surface area contributed by atoms with Crippen molar-refractivity contribution < 1.29 is 22.6 Å². The van der Waals surface area contributed by atoms with E-state index in [0.29, 0.717) is 23.2 Å². The van der Waals surface area contributed by atoms with Gasteiger partial charge in [-0.05, 0) is 23.8 Å². The third-order valence-electron chi connectivity index (χ3n) is 3.42. The molecule has 23 heavy (non-hydrogen) atoms. The largest absolute Gasteiger partial charge is 0.346 e. The van der Waals surface area contributed by atoms with E-state index in [4.69, 9.17) is 9.47 Å². The van der Waals surface area contributed by atoms with Crippen LogP contribution in [0.2, 0.25) is 0 Å². The Kier molecular flexibility index (Phi) is 4.84. The van der Waals surface area contributed by atoms with E-state index in [0.717, 1.165) is 0 Å². The van der Waals surface area contributed by atoms with Crippen molar-refractivity contribution in [1.29, 1.82) is 0 Å². The number of halogens is 4. The van der Waals surface area contributed by atoms with Gasteiger partial charge in [0.1, 0.15) is 5.82 Å². The van der Waals surface area contributed by atoms with E-state index in [-0.39, 0.29) is 11.1 Å². The van der Waals surface area contributed by atoms with Crippen LogP contribution in [0.15, 0.2) is 34.8 Å². The number of benzene rings is 2. The monoisotopic (exact) mass is 384 g/mol. The zero-order chi connectivity index (χ0) is 16.4. The number of ether oxygens (including phenoxy) is 2. The van der Waals surface area contributed by atoms with Crippen molar-refractivity contribution in [3.05, 3.63) is 68.9 Å². The molecule has 0 spiro atoms. The standard InChI is InChI=1S/C17H12BrF3O2/c18-14-6-4-12(19)9-11(14)2-1-10-3-5-13(16(21)15(10)20)17-22-7-8-23-17/h1-6,9,17H,7-8H2/b2-1-. The normalized spacial score (nSPS) is 15.7.